The standard InChI is InChI=1S/C20H18F2N4O4/c1-3-29-16-10-12(8-9-15(16)30-20(21)22)11-23-24-18(27)17-13-6-4-5-7-14(13)19(28)26(2)25-17/h4-11,20H,3H2,1-2H3,(H,24,27)/b23-11-. The molecule has 0 fully saturated rings. The van der Waals surface area contributed by atoms with E-state index < -0.39 is 12.5 Å². The number of alkyl halides is 2. The van der Waals surface area contributed by atoms with Crippen LogP contribution in [0.1, 0.15) is 23.0 Å². The summed E-state index contributed by atoms with van der Waals surface area (Å²) in [7, 11) is 1.45. The van der Waals surface area contributed by atoms with Crippen molar-refractivity contribution in [3.63, 3.8) is 0 Å². The molecule has 0 atom stereocenters. The molecule has 1 aromatic heterocycles. The first kappa shape index (κ1) is 20.9. The van der Waals surface area contributed by atoms with Gasteiger partial charge in [-0.1, -0.05) is 18.2 Å². The third-order valence-corrected chi connectivity index (χ3v) is 4.03. The molecule has 30 heavy (non-hydrogen) atoms. The highest BCUT2D eigenvalue weighted by molar-refractivity contribution is 6.04. The fourth-order valence-electron chi connectivity index (χ4n) is 2.75. The zero-order chi connectivity index (χ0) is 21.7. The first-order valence-electron chi connectivity index (χ1n) is 8.91. The zero-order valence-corrected chi connectivity index (χ0v) is 16.1. The molecule has 0 saturated carbocycles. The van der Waals surface area contributed by atoms with Crippen molar-refractivity contribution in [1.82, 2.24) is 15.2 Å². The van der Waals surface area contributed by atoms with E-state index in [1.807, 2.05) is 0 Å². The monoisotopic (exact) mass is 416 g/mol. The number of aryl methyl sites for hydroxylation is 1. The molecule has 10 heteroatoms. The number of benzene rings is 2. The van der Waals surface area contributed by atoms with Crippen LogP contribution in [0.4, 0.5) is 8.78 Å². The first-order chi connectivity index (χ1) is 14.4. The molecular weight excluding hydrogens is 398 g/mol. The van der Waals surface area contributed by atoms with Gasteiger partial charge < -0.3 is 9.47 Å². The van der Waals surface area contributed by atoms with Gasteiger partial charge in [0, 0.05) is 12.4 Å². The largest absolute Gasteiger partial charge is 0.490 e. The molecule has 2 aromatic carbocycles. The Morgan fingerprint density at radius 3 is 2.67 bits per heavy atom. The van der Waals surface area contributed by atoms with Crippen molar-refractivity contribution in [2.24, 2.45) is 12.1 Å². The second kappa shape index (κ2) is 9.12. The smallest absolute Gasteiger partial charge is 0.387 e. The molecule has 0 unspecified atom stereocenters. The van der Waals surface area contributed by atoms with Crippen LogP contribution in [0.15, 0.2) is 52.4 Å². The molecule has 0 aliphatic carbocycles. The first-order valence-corrected chi connectivity index (χ1v) is 8.91. The molecule has 0 radical (unpaired) electrons. The number of halogens is 2. The van der Waals surface area contributed by atoms with Crippen LogP contribution in [-0.4, -0.2) is 35.1 Å². The van der Waals surface area contributed by atoms with Gasteiger partial charge in [-0.3, -0.25) is 9.59 Å². The van der Waals surface area contributed by atoms with Crippen molar-refractivity contribution in [2.45, 2.75) is 13.5 Å². The van der Waals surface area contributed by atoms with Crippen molar-refractivity contribution in [1.29, 1.82) is 0 Å². The molecule has 1 N–H and O–H groups in total. The van der Waals surface area contributed by atoms with Gasteiger partial charge in [0.05, 0.1) is 18.2 Å². The summed E-state index contributed by atoms with van der Waals surface area (Å²) in [6, 6.07) is 10.9. The van der Waals surface area contributed by atoms with Crippen molar-refractivity contribution in [2.75, 3.05) is 6.61 Å². The SMILES string of the molecule is CCOc1cc(/C=N\NC(=O)c2nn(C)c(=O)c3ccccc23)ccc1OC(F)F. The Hall–Kier alpha value is -3.82. The summed E-state index contributed by atoms with van der Waals surface area (Å²) in [6.45, 7) is -1.02. The van der Waals surface area contributed by atoms with Gasteiger partial charge in [0.15, 0.2) is 17.2 Å². The Morgan fingerprint density at radius 2 is 1.97 bits per heavy atom. The van der Waals surface area contributed by atoms with E-state index in [4.69, 9.17) is 4.74 Å². The van der Waals surface area contributed by atoms with Gasteiger partial charge in [0.1, 0.15) is 0 Å². The number of hydrogen-bond acceptors (Lipinski definition) is 6. The molecule has 1 amide bonds. The Labute approximate surface area is 169 Å². The fraction of sp³-hybridized carbons (Fsp3) is 0.200. The van der Waals surface area contributed by atoms with Gasteiger partial charge in [0.2, 0.25) is 0 Å². The van der Waals surface area contributed by atoms with E-state index >= 15 is 0 Å². The molecule has 0 aliphatic rings. The maximum atomic E-state index is 12.5. The number of ether oxygens (including phenoxy) is 2. The summed E-state index contributed by atoms with van der Waals surface area (Å²) in [5, 5.41) is 8.65. The number of hydrogen-bond donors (Lipinski definition) is 1. The van der Waals surface area contributed by atoms with E-state index in [-0.39, 0.29) is 29.4 Å². The minimum absolute atomic E-state index is 0.0422. The summed E-state index contributed by atoms with van der Waals surface area (Å²) >= 11 is 0. The van der Waals surface area contributed by atoms with Crippen molar-refractivity contribution < 1.29 is 23.0 Å². The predicted molar refractivity (Wildman–Crippen MR) is 106 cm³/mol. The van der Waals surface area contributed by atoms with E-state index in [0.717, 1.165) is 4.68 Å². The second-order valence-electron chi connectivity index (χ2n) is 6.04. The minimum atomic E-state index is -2.98. The van der Waals surface area contributed by atoms with Crippen molar-refractivity contribution in [3.05, 3.63) is 64.1 Å². The number of nitrogens with one attached hydrogen (secondary N) is 1. The van der Waals surface area contributed by atoms with Crippen molar-refractivity contribution in [3.8, 4) is 11.5 Å². The number of rotatable bonds is 7. The van der Waals surface area contributed by atoms with E-state index in [1.165, 1.54) is 31.5 Å². The van der Waals surface area contributed by atoms with Gasteiger partial charge in [-0.05, 0) is 36.8 Å². The lowest BCUT2D eigenvalue weighted by molar-refractivity contribution is -0.0514. The van der Waals surface area contributed by atoms with Crippen LogP contribution in [0, 0.1) is 0 Å². The summed E-state index contributed by atoms with van der Waals surface area (Å²) < 4.78 is 35.7. The number of aromatic nitrogens is 2. The number of fused-ring (bicyclic) bond motifs is 1. The Morgan fingerprint density at radius 1 is 1.23 bits per heavy atom. The average Bonchev–Trinajstić information content (AvgIpc) is 2.72. The third kappa shape index (κ3) is 4.59. The van der Waals surface area contributed by atoms with E-state index in [2.05, 4.69) is 20.4 Å². The number of nitrogens with zero attached hydrogens (tertiary/aromatic N) is 3. The van der Waals surface area contributed by atoms with Crippen LogP contribution in [0.2, 0.25) is 0 Å². The lowest BCUT2D eigenvalue weighted by Gasteiger charge is -2.11. The maximum Gasteiger partial charge on any atom is 0.387 e. The normalized spacial score (nSPS) is 11.2. The number of carbonyl (C=O) groups is 1. The highest BCUT2D eigenvalue weighted by Gasteiger charge is 2.15. The van der Waals surface area contributed by atoms with Crippen LogP contribution in [0.3, 0.4) is 0 Å². The molecule has 0 spiro atoms. The summed E-state index contributed by atoms with van der Waals surface area (Å²) in [4.78, 5) is 24.7. The molecule has 156 valence electrons. The van der Waals surface area contributed by atoms with E-state index in [0.29, 0.717) is 16.3 Å². The molecule has 1 heterocycles. The van der Waals surface area contributed by atoms with E-state index in [9.17, 15) is 18.4 Å². The lowest BCUT2D eigenvalue weighted by atomic mass is 10.1. The molecule has 8 nitrogen and oxygen atoms in total. The lowest BCUT2D eigenvalue weighted by Crippen LogP contribution is -2.27. The summed E-state index contributed by atoms with van der Waals surface area (Å²) in [6.07, 6.45) is 1.32. The van der Waals surface area contributed by atoms with Crippen LogP contribution in [-0.2, 0) is 7.05 Å². The Kier molecular flexibility index (Phi) is 6.35. The van der Waals surface area contributed by atoms with Crippen molar-refractivity contribution >= 4 is 22.9 Å². The molecular formula is C20H18F2N4O4. The van der Waals surface area contributed by atoms with Crippen LogP contribution in [0.5, 0.6) is 11.5 Å². The summed E-state index contributed by atoms with van der Waals surface area (Å²) in [5.74, 6) is -0.589. The zero-order valence-electron chi connectivity index (χ0n) is 16.1. The Balaban J connectivity index is 1.81. The van der Waals surface area contributed by atoms with Gasteiger partial charge in [-0.2, -0.15) is 19.0 Å². The number of amides is 1. The van der Waals surface area contributed by atoms with E-state index in [1.54, 1.807) is 31.2 Å². The second-order valence-corrected chi connectivity index (χ2v) is 6.04. The molecule has 3 aromatic rings. The highest BCUT2D eigenvalue weighted by atomic mass is 19.3. The highest BCUT2D eigenvalue weighted by Crippen LogP contribution is 2.29. The predicted octanol–water partition coefficient (Wildman–Crippen LogP) is 2.70. The fourth-order valence-corrected chi connectivity index (χ4v) is 2.75. The molecule has 0 saturated heterocycles. The molecule has 0 aliphatic heterocycles. The molecule has 3 rings (SSSR count). The van der Waals surface area contributed by atoms with Crippen LogP contribution in [0.25, 0.3) is 10.8 Å². The molecule has 0 bridgehead atoms. The van der Waals surface area contributed by atoms with Gasteiger partial charge >= 0.3 is 6.61 Å². The third-order valence-electron chi connectivity index (χ3n) is 4.03. The van der Waals surface area contributed by atoms with Gasteiger partial charge in [-0.15, -0.1) is 0 Å². The Bertz CT molecular complexity index is 1160. The van der Waals surface area contributed by atoms with Gasteiger partial charge in [-0.25, -0.2) is 10.1 Å². The maximum absolute atomic E-state index is 12.5. The minimum Gasteiger partial charge on any atom is -0.490 e. The average molecular weight is 416 g/mol. The van der Waals surface area contributed by atoms with Crippen LogP contribution >= 0.6 is 0 Å². The van der Waals surface area contributed by atoms with Crippen LogP contribution < -0.4 is 20.5 Å². The quantitative estimate of drug-likeness (QED) is 0.472. The van der Waals surface area contributed by atoms with Gasteiger partial charge in [0.25, 0.3) is 11.5 Å². The number of hydrazone groups is 1. The topological polar surface area (TPSA) is 94.8 Å². The summed E-state index contributed by atoms with van der Waals surface area (Å²) in [5.41, 5.74) is 2.55. The number of carbonyl (C=O) groups excluding carboxylic acids is 1.